The summed E-state index contributed by atoms with van der Waals surface area (Å²) >= 11 is 0. The summed E-state index contributed by atoms with van der Waals surface area (Å²) in [6.45, 7) is 5.67. The van der Waals surface area contributed by atoms with E-state index < -0.39 is 11.4 Å². The van der Waals surface area contributed by atoms with Crippen molar-refractivity contribution in [1.82, 2.24) is 0 Å². The van der Waals surface area contributed by atoms with E-state index in [2.05, 4.69) is 4.74 Å². The molecule has 0 aliphatic rings. The van der Waals surface area contributed by atoms with Crippen LogP contribution in [0.3, 0.4) is 0 Å². The first-order chi connectivity index (χ1) is 6.94. The maximum atomic E-state index is 11.7. The van der Waals surface area contributed by atoms with E-state index >= 15 is 0 Å². The van der Waals surface area contributed by atoms with Crippen LogP contribution in [0.5, 0.6) is 0 Å². The molecule has 0 aliphatic heterocycles. The molecule has 0 fully saturated rings. The van der Waals surface area contributed by atoms with Crippen molar-refractivity contribution in [2.75, 3.05) is 7.11 Å². The Bertz CT molecular complexity index is 252. The van der Waals surface area contributed by atoms with Crippen LogP contribution in [-0.2, 0) is 14.3 Å². The van der Waals surface area contributed by atoms with E-state index in [-0.39, 0.29) is 12.2 Å². The van der Waals surface area contributed by atoms with E-state index in [1.807, 2.05) is 32.9 Å². The van der Waals surface area contributed by atoms with Gasteiger partial charge >= 0.3 is 5.97 Å². The number of hydrogen-bond donors (Lipinski definition) is 0. The van der Waals surface area contributed by atoms with Gasteiger partial charge < -0.3 is 4.74 Å². The highest BCUT2D eigenvalue weighted by atomic mass is 16.5. The van der Waals surface area contributed by atoms with Crippen LogP contribution in [0.25, 0.3) is 0 Å². The molecule has 0 rings (SSSR count). The van der Waals surface area contributed by atoms with Gasteiger partial charge in [0.25, 0.3) is 0 Å². The minimum absolute atomic E-state index is 0.0566. The van der Waals surface area contributed by atoms with E-state index in [4.69, 9.17) is 0 Å². The predicted molar refractivity (Wildman–Crippen MR) is 59.5 cm³/mol. The van der Waals surface area contributed by atoms with Crippen LogP contribution >= 0.6 is 0 Å². The molecule has 0 radical (unpaired) electrons. The van der Waals surface area contributed by atoms with Gasteiger partial charge in [-0.15, -0.1) is 0 Å². The highest BCUT2D eigenvalue weighted by molar-refractivity contribution is 5.98. The third-order valence-electron chi connectivity index (χ3n) is 2.46. The maximum Gasteiger partial charge on any atom is 0.313 e. The molecular weight excluding hydrogens is 192 g/mol. The molecule has 0 spiro atoms. The fourth-order valence-electron chi connectivity index (χ4n) is 1.19. The van der Waals surface area contributed by atoms with Crippen LogP contribution in [0.1, 0.15) is 40.0 Å². The lowest BCUT2D eigenvalue weighted by Crippen LogP contribution is -2.26. The first kappa shape index (κ1) is 13.9. The second-order valence-corrected chi connectivity index (χ2v) is 4.17. The van der Waals surface area contributed by atoms with Crippen LogP contribution in [0.2, 0.25) is 0 Å². The third kappa shape index (κ3) is 5.35. The molecule has 0 saturated heterocycles. The van der Waals surface area contributed by atoms with Crippen molar-refractivity contribution in [3.8, 4) is 0 Å². The Morgan fingerprint density at radius 2 is 1.93 bits per heavy atom. The lowest BCUT2D eigenvalue weighted by molar-refractivity contribution is -0.145. The number of Topliss-reactive ketones (excluding diaryl/α,β-unsaturated/α-hetero) is 1. The summed E-state index contributed by atoms with van der Waals surface area (Å²) in [6.07, 6.45) is 5.47. The summed E-state index contributed by atoms with van der Waals surface area (Å²) < 4.78 is 4.47. The molecule has 0 amide bonds. The average molecular weight is 212 g/mol. The van der Waals surface area contributed by atoms with Gasteiger partial charge in [-0.25, -0.2) is 0 Å². The first-order valence-electron chi connectivity index (χ1n) is 5.15. The summed E-state index contributed by atoms with van der Waals surface area (Å²) in [6, 6.07) is 0. The van der Waals surface area contributed by atoms with Gasteiger partial charge in [0.05, 0.1) is 7.11 Å². The molecule has 0 saturated carbocycles. The van der Waals surface area contributed by atoms with Gasteiger partial charge in [0, 0.05) is 5.41 Å². The fourth-order valence-corrected chi connectivity index (χ4v) is 1.19. The molecule has 3 heteroatoms. The highest BCUT2D eigenvalue weighted by Crippen LogP contribution is 2.25. The molecule has 0 unspecified atom stereocenters. The van der Waals surface area contributed by atoms with Gasteiger partial charge in [-0.05, 0) is 19.8 Å². The maximum absolute atomic E-state index is 11.7. The highest BCUT2D eigenvalue weighted by Gasteiger charge is 2.28. The average Bonchev–Trinajstić information content (AvgIpc) is 2.17. The van der Waals surface area contributed by atoms with Crippen LogP contribution in [-0.4, -0.2) is 18.9 Å². The normalized spacial score (nSPS) is 11.7. The van der Waals surface area contributed by atoms with Crippen LogP contribution in [0, 0.1) is 5.41 Å². The summed E-state index contributed by atoms with van der Waals surface area (Å²) in [5, 5.41) is 0. The van der Waals surface area contributed by atoms with Gasteiger partial charge in [0.15, 0.2) is 0 Å². The second-order valence-electron chi connectivity index (χ2n) is 4.17. The molecule has 0 atom stereocenters. The molecular formula is C12H20O3. The van der Waals surface area contributed by atoms with Gasteiger partial charge in [-0.3, -0.25) is 9.59 Å². The van der Waals surface area contributed by atoms with Crippen molar-refractivity contribution in [3.05, 3.63) is 12.2 Å². The minimum atomic E-state index is -0.459. The number of allylic oxidation sites excluding steroid dienone is 2. The van der Waals surface area contributed by atoms with Crippen LogP contribution < -0.4 is 0 Å². The van der Waals surface area contributed by atoms with Gasteiger partial charge in [-0.1, -0.05) is 26.0 Å². The van der Waals surface area contributed by atoms with Gasteiger partial charge in [-0.2, -0.15) is 0 Å². The van der Waals surface area contributed by atoms with Gasteiger partial charge in [0.1, 0.15) is 12.2 Å². The monoisotopic (exact) mass is 212 g/mol. The summed E-state index contributed by atoms with van der Waals surface area (Å²) in [7, 11) is 1.29. The smallest absolute Gasteiger partial charge is 0.313 e. The number of ether oxygens (including phenoxy) is 1. The van der Waals surface area contributed by atoms with E-state index in [1.165, 1.54) is 7.11 Å². The van der Waals surface area contributed by atoms with E-state index in [9.17, 15) is 9.59 Å². The molecule has 0 aliphatic carbocycles. The Morgan fingerprint density at radius 1 is 1.33 bits per heavy atom. The van der Waals surface area contributed by atoms with Crippen molar-refractivity contribution in [1.29, 1.82) is 0 Å². The number of carbonyl (C=O) groups excluding carboxylic acids is 2. The Balaban J connectivity index is 4.19. The zero-order valence-corrected chi connectivity index (χ0v) is 10.0. The largest absolute Gasteiger partial charge is 0.469 e. The molecule has 15 heavy (non-hydrogen) atoms. The number of methoxy groups -OCH3 is 1. The topological polar surface area (TPSA) is 43.4 Å². The SMILES string of the molecule is CC=CCCC(C)(C)C(=O)CC(=O)OC. The van der Waals surface area contributed by atoms with Crippen molar-refractivity contribution in [2.24, 2.45) is 5.41 Å². The number of rotatable bonds is 6. The third-order valence-corrected chi connectivity index (χ3v) is 2.46. The summed E-state index contributed by atoms with van der Waals surface area (Å²) in [4.78, 5) is 22.6. The van der Waals surface area contributed by atoms with Crippen molar-refractivity contribution < 1.29 is 14.3 Å². The lowest BCUT2D eigenvalue weighted by Gasteiger charge is -2.21. The number of hydrogen-bond acceptors (Lipinski definition) is 3. The molecule has 0 N–H and O–H groups in total. The molecule has 0 aromatic rings. The van der Waals surface area contributed by atoms with Crippen LogP contribution in [0.15, 0.2) is 12.2 Å². The lowest BCUT2D eigenvalue weighted by atomic mass is 9.82. The van der Waals surface area contributed by atoms with Crippen LogP contribution in [0.4, 0.5) is 0 Å². The Kier molecular flexibility index (Phi) is 5.90. The molecule has 86 valence electrons. The Morgan fingerprint density at radius 3 is 2.40 bits per heavy atom. The zero-order chi connectivity index (χ0) is 11.9. The zero-order valence-electron chi connectivity index (χ0n) is 10.0. The predicted octanol–water partition coefficient (Wildman–Crippen LogP) is 2.50. The molecule has 0 bridgehead atoms. The first-order valence-corrected chi connectivity index (χ1v) is 5.15. The standard InChI is InChI=1S/C12H20O3/c1-5-6-7-8-12(2,3)10(13)9-11(14)15-4/h5-6H,7-9H2,1-4H3. The van der Waals surface area contributed by atoms with Gasteiger partial charge in [0.2, 0.25) is 0 Å². The Hall–Kier alpha value is -1.12. The second kappa shape index (κ2) is 6.38. The number of ketones is 1. The summed E-state index contributed by atoms with van der Waals surface area (Å²) in [5.74, 6) is -0.516. The number of carbonyl (C=O) groups is 2. The van der Waals surface area contributed by atoms with Crippen molar-refractivity contribution >= 4 is 11.8 Å². The molecule has 0 heterocycles. The molecule has 3 nitrogen and oxygen atoms in total. The quantitative estimate of drug-likeness (QED) is 0.386. The fraction of sp³-hybridized carbons (Fsp3) is 0.667. The van der Waals surface area contributed by atoms with Crippen molar-refractivity contribution in [2.45, 2.75) is 40.0 Å². The van der Waals surface area contributed by atoms with E-state index in [0.717, 1.165) is 12.8 Å². The Labute approximate surface area is 91.5 Å². The summed E-state index contributed by atoms with van der Waals surface area (Å²) in [5.41, 5.74) is -0.451. The molecule has 0 aromatic carbocycles. The molecule has 0 aromatic heterocycles. The van der Waals surface area contributed by atoms with E-state index in [1.54, 1.807) is 0 Å². The minimum Gasteiger partial charge on any atom is -0.469 e. The van der Waals surface area contributed by atoms with Crippen molar-refractivity contribution in [3.63, 3.8) is 0 Å². The number of esters is 1. The van der Waals surface area contributed by atoms with E-state index in [0.29, 0.717) is 0 Å².